The molecule has 0 aromatic heterocycles. The number of aliphatic carboxylic acids is 1. The van der Waals surface area contributed by atoms with E-state index in [2.05, 4.69) is 38.3 Å². The van der Waals surface area contributed by atoms with Crippen molar-refractivity contribution >= 4 is 23.7 Å². The van der Waals surface area contributed by atoms with Crippen molar-refractivity contribution in [2.24, 2.45) is 23.7 Å². The van der Waals surface area contributed by atoms with Crippen LogP contribution >= 0.6 is 0 Å². The maximum absolute atomic E-state index is 14.2. The third-order valence-electron chi connectivity index (χ3n) is 11.4. The predicted octanol–water partition coefficient (Wildman–Crippen LogP) is 3.89. The number of hydrogen-bond donors (Lipinski definition) is 3. The van der Waals surface area contributed by atoms with Crippen LogP contribution in [0.5, 0.6) is 0 Å². The Balaban J connectivity index is 2.23. The van der Waals surface area contributed by atoms with E-state index >= 15 is 0 Å². The van der Waals surface area contributed by atoms with Gasteiger partial charge in [0.05, 0.1) is 56.0 Å². The fourth-order valence-corrected chi connectivity index (χ4v) is 7.77. The van der Waals surface area contributed by atoms with Gasteiger partial charge in [0.25, 0.3) is 0 Å². The molecule has 0 saturated carbocycles. The number of ether oxygens (including phenoxy) is 3. The molecule has 0 unspecified atom stereocenters. The largest absolute Gasteiger partial charge is 0.480 e. The summed E-state index contributed by atoms with van der Waals surface area (Å²) in [6.07, 6.45) is 1.11. The van der Waals surface area contributed by atoms with Crippen molar-refractivity contribution in [3.05, 3.63) is 35.9 Å². The lowest BCUT2D eigenvalue weighted by Crippen LogP contribution is -2.57. The summed E-state index contributed by atoms with van der Waals surface area (Å²) >= 11 is 0. The normalized spacial score (nSPS) is 19.1. The van der Waals surface area contributed by atoms with E-state index in [1.807, 2.05) is 51.2 Å². The van der Waals surface area contributed by atoms with Crippen molar-refractivity contribution < 1.29 is 38.5 Å². The maximum atomic E-state index is 14.2. The smallest absolute Gasteiger partial charge is 0.326 e. The van der Waals surface area contributed by atoms with Crippen LogP contribution in [0.4, 0.5) is 0 Å². The molecule has 1 aliphatic rings. The van der Waals surface area contributed by atoms with Gasteiger partial charge in [-0.1, -0.05) is 85.2 Å². The SMILES string of the molecule is CC[C@H](C)[C@@H]([C@@H](CC(=O)N1CCC[C@H]1[C@H](OC)[C@@H](C)C(=O)N(C)[C@@H](Cc1ccccc1)C(=O)O)OC)N(C)C(=O)[C@@H](NCOC[C@@H](NC)C(C)C)C(C)C. The van der Waals surface area contributed by atoms with Crippen molar-refractivity contribution in [3.63, 3.8) is 0 Å². The van der Waals surface area contributed by atoms with Crippen LogP contribution in [-0.4, -0.2) is 141 Å². The van der Waals surface area contributed by atoms with Crippen LogP contribution in [-0.2, 0) is 39.8 Å². The highest BCUT2D eigenvalue weighted by Gasteiger charge is 2.44. The van der Waals surface area contributed by atoms with Gasteiger partial charge in [0.2, 0.25) is 17.7 Å². The van der Waals surface area contributed by atoms with E-state index in [0.717, 1.165) is 18.4 Å². The predicted molar refractivity (Wildman–Crippen MR) is 211 cm³/mol. The summed E-state index contributed by atoms with van der Waals surface area (Å²) in [5.41, 5.74) is 0.814. The number of nitrogens with one attached hydrogen (secondary N) is 2. The van der Waals surface area contributed by atoms with Crippen LogP contribution in [0.15, 0.2) is 30.3 Å². The number of carbonyl (C=O) groups is 4. The topological polar surface area (TPSA) is 150 Å². The van der Waals surface area contributed by atoms with Crippen LogP contribution in [0.25, 0.3) is 0 Å². The lowest BCUT2D eigenvalue weighted by molar-refractivity contribution is -0.154. The third kappa shape index (κ3) is 12.7. The van der Waals surface area contributed by atoms with Gasteiger partial charge in [0.15, 0.2) is 0 Å². The summed E-state index contributed by atoms with van der Waals surface area (Å²) < 4.78 is 17.9. The van der Waals surface area contributed by atoms with Gasteiger partial charge in [0.1, 0.15) is 6.04 Å². The second kappa shape index (κ2) is 23.1. The van der Waals surface area contributed by atoms with Crippen molar-refractivity contribution in [1.29, 1.82) is 0 Å². The summed E-state index contributed by atoms with van der Waals surface area (Å²) in [5.74, 6) is -2.00. The van der Waals surface area contributed by atoms with Gasteiger partial charge >= 0.3 is 5.97 Å². The molecular formula is C41H71N5O8. The molecule has 13 nitrogen and oxygen atoms in total. The molecule has 9 atom stereocenters. The molecule has 0 spiro atoms. The summed E-state index contributed by atoms with van der Waals surface area (Å²) in [6, 6.07) is 7.08. The first-order valence-corrected chi connectivity index (χ1v) is 19.7. The number of amides is 3. The molecule has 3 amide bonds. The molecule has 13 heteroatoms. The molecule has 1 aromatic rings. The first-order chi connectivity index (χ1) is 25.5. The Bertz CT molecular complexity index is 1300. The molecule has 54 heavy (non-hydrogen) atoms. The van der Waals surface area contributed by atoms with Crippen molar-refractivity contribution in [2.75, 3.05) is 55.2 Å². The van der Waals surface area contributed by atoms with Crippen LogP contribution in [0.3, 0.4) is 0 Å². The zero-order valence-electron chi connectivity index (χ0n) is 35.0. The van der Waals surface area contributed by atoms with E-state index in [4.69, 9.17) is 14.2 Å². The molecular weight excluding hydrogens is 690 g/mol. The van der Waals surface area contributed by atoms with Crippen molar-refractivity contribution in [2.45, 2.75) is 123 Å². The summed E-state index contributed by atoms with van der Waals surface area (Å²) in [4.78, 5) is 59.3. The Hall–Kier alpha value is -3.10. The molecule has 0 aliphatic carbocycles. The Morgan fingerprint density at radius 3 is 2.11 bits per heavy atom. The molecule has 0 radical (unpaired) electrons. The molecule has 1 fully saturated rings. The number of carboxylic acids is 1. The standard InChI is InChI=1S/C41H71N5O8/c1-13-28(6)37(45(10)40(49)36(27(4)5)43-25-54-24-31(42-8)26(2)3)34(52-11)23-35(47)46-21-17-20-32(46)38(53-12)29(7)39(48)44(9)33(41(50)51)22-30-18-15-14-16-19-30/h14-16,18-19,26-29,31-34,36-38,42-43H,13,17,20-25H2,1-12H3,(H,50,51)/t28-,29+,31+,32-,33-,34+,36-,37-,38+/m0/s1. The minimum atomic E-state index is -1.09. The maximum Gasteiger partial charge on any atom is 0.326 e. The second-order valence-electron chi connectivity index (χ2n) is 15.7. The molecule has 3 N–H and O–H groups in total. The Morgan fingerprint density at radius 1 is 0.944 bits per heavy atom. The Kier molecular flexibility index (Phi) is 20.1. The molecule has 1 heterocycles. The Morgan fingerprint density at radius 2 is 1.59 bits per heavy atom. The van der Waals surface area contributed by atoms with Crippen molar-refractivity contribution in [3.8, 4) is 0 Å². The van der Waals surface area contributed by atoms with E-state index in [-0.39, 0.29) is 67.3 Å². The average Bonchev–Trinajstić information content (AvgIpc) is 3.63. The molecule has 1 aromatic carbocycles. The van der Waals surface area contributed by atoms with Crippen LogP contribution in [0, 0.1) is 23.7 Å². The summed E-state index contributed by atoms with van der Waals surface area (Å²) in [6.45, 7) is 15.4. The van der Waals surface area contributed by atoms with E-state index < -0.39 is 36.2 Å². The highest BCUT2D eigenvalue weighted by Crippen LogP contribution is 2.30. The lowest BCUT2D eigenvalue weighted by Gasteiger charge is -2.41. The van der Waals surface area contributed by atoms with Crippen molar-refractivity contribution in [1.82, 2.24) is 25.3 Å². The van der Waals surface area contributed by atoms with E-state index in [1.54, 1.807) is 30.9 Å². The minimum absolute atomic E-state index is 0.0156. The number of methoxy groups -OCH3 is 2. The van der Waals surface area contributed by atoms with Crippen LogP contribution in [0.2, 0.25) is 0 Å². The number of likely N-dealkylation sites (tertiary alicyclic amines) is 1. The average molecular weight is 762 g/mol. The number of likely N-dealkylation sites (N-methyl/N-ethyl adjacent to an activating group) is 3. The molecule has 2 rings (SSSR count). The van der Waals surface area contributed by atoms with Gasteiger partial charge in [0, 0.05) is 47.3 Å². The van der Waals surface area contributed by atoms with Crippen LogP contribution < -0.4 is 10.6 Å². The number of carbonyl (C=O) groups excluding carboxylic acids is 3. The fourth-order valence-electron chi connectivity index (χ4n) is 7.77. The molecule has 1 aliphatic heterocycles. The van der Waals surface area contributed by atoms with Gasteiger partial charge in [-0.05, 0) is 43.2 Å². The number of carboxylic acid groups (broad SMARTS) is 1. The number of hydrogen-bond acceptors (Lipinski definition) is 9. The van der Waals surface area contributed by atoms with Crippen LogP contribution in [0.1, 0.15) is 79.7 Å². The molecule has 0 bridgehead atoms. The Labute approximate surface area is 324 Å². The van der Waals surface area contributed by atoms with Gasteiger partial charge in [-0.2, -0.15) is 0 Å². The molecule has 1 saturated heterocycles. The van der Waals surface area contributed by atoms with Gasteiger partial charge < -0.3 is 39.3 Å². The van der Waals surface area contributed by atoms with E-state index in [9.17, 15) is 24.3 Å². The first-order valence-electron chi connectivity index (χ1n) is 19.7. The zero-order chi connectivity index (χ0) is 40.7. The van der Waals surface area contributed by atoms with Gasteiger partial charge in [-0.25, -0.2) is 4.79 Å². The quantitative estimate of drug-likeness (QED) is 0.105. The number of benzene rings is 1. The third-order valence-corrected chi connectivity index (χ3v) is 11.4. The molecule has 308 valence electrons. The monoisotopic (exact) mass is 762 g/mol. The zero-order valence-corrected chi connectivity index (χ0v) is 35.0. The first kappa shape index (κ1) is 47.1. The highest BCUT2D eigenvalue weighted by molar-refractivity contribution is 5.86. The highest BCUT2D eigenvalue weighted by atomic mass is 16.5. The van der Waals surface area contributed by atoms with Gasteiger partial charge in [-0.3, -0.25) is 19.7 Å². The van der Waals surface area contributed by atoms with E-state index in [0.29, 0.717) is 25.5 Å². The second-order valence-corrected chi connectivity index (χ2v) is 15.7. The number of nitrogens with zero attached hydrogens (tertiary/aromatic N) is 3. The minimum Gasteiger partial charge on any atom is -0.480 e. The summed E-state index contributed by atoms with van der Waals surface area (Å²) in [7, 11) is 8.32. The van der Waals surface area contributed by atoms with Gasteiger partial charge in [-0.15, -0.1) is 0 Å². The van der Waals surface area contributed by atoms with E-state index in [1.165, 1.54) is 19.1 Å². The summed E-state index contributed by atoms with van der Waals surface area (Å²) in [5, 5.41) is 16.6. The lowest BCUT2D eigenvalue weighted by atomic mass is 9.89. The number of rotatable bonds is 24. The fraction of sp³-hybridized carbons (Fsp3) is 0.756.